The Hall–Kier alpha value is -1.30. The normalized spacial score (nSPS) is 15.5. The summed E-state index contributed by atoms with van der Waals surface area (Å²) in [5.74, 6) is 13.7. The zero-order valence-electron chi connectivity index (χ0n) is 79.4. The molecular weight excluding hydrogens is 1260 g/mol. The summed E-state index contributed by atoms with van der Waals surface area (Å²) in [5.41, 5.74) is 7.93. The lowest BCUT2D eigenvalue weighted by Crippen LogP contribution is -2.00. The number of allylic oxidation sites excluding steroid dienone is 10. The third-order valence-corrected chi connectivity index (χ3v) is 23.5. The van der Waals surface area contributed by atoms with Gasteiger partial charge in [-0.2, -0.15) is 0 Å². The maximum atomic E-state index is 2.45. The van der Waals surface area contributed by atoms with Gasteiger partial charge in [0, 0.05) is 0 Å². The van der Waals surface area contributed by atoms with E-state index in [0.717, 1.165) is 88.8 Å². The molecule has 0 heteroatoms. The Morgan fingerprint density at radius 2 is 0.248 bits per heavy atom. The quantitative estimate of drug-likeness (QED) is 0.0533. The molecule has 0 aromatic heterocycles. The van der Waals surface area contributed by atoms with Crippen LogP contribution in [0.4, 0.5) is 0 Å². The Morgan fingerprint density at radius 3 is 0.343 bits per heavy atom. The van der Waals surface area contributed by atoms with Crippen molar-refractivity contribution in [2.75, 3.05) is 0 Å². The van der Waals surface area contributed by atoms with Crippen LogP contribution in [0.3, 0.4) is 0 Å². The minimum Gasteiger partial charge on any atom is -0.0859 e. The fraction of sp³-hybridized carbons (Fsp3) is 0.905. The molecule has 0 aliphatic rings. The summed E-state index contributed by atoms with van der Waals surface area (Å²) in [6, 6.07) is 0. The van der Waals surface area contributed by atoms with Crippen molar-refractivity contribution < 1.29 is 0 Å². The summed E-state index contributed by atoms with van der Waals surface area (Å²) < 4.78 is 0. The SMILES string of the molecule is CC/C=C(\C)CCCC(C)CCCC(C)CCCC(C)C.CC/C=C(\C)CCC[C@@H](C)CCC[C@@H](C)CCCC(C)C.CC/C=C(\C)CCC[C@@H](C)CCC[C@H](C)CCCC(C)C.CC/C=C(\C)CCC[C@H](C)CCC[C@@H](C)CCCC(C)C.CC/C=C(\C)CCC[C@H](C)CCC[C@H](C)CCCC(C)C. The van der Waals surface area contributed by atoms with E-state index in [1.54, 1.807) is 27.9 Å². The highest BCUT2D eigenvalue weighted by molar-refractivity contribution is 4.99. The molecule has 0 aliphatic carbocycles. The Kier molecular flexibility index (Phi) is 87.9. The Bertz CT molecular complexity index is 1560. The van der Waals surface area contributed by atoms with Crippen molar-refractivity contribution in [3.8, 4) is 0 Å². The largest absolute Gasteiger partial charge is 0.0859 e. The first-order valence-electron chi connectivity index (χ1n) is 48.0. The van der Waals surface area contributed by atoms with Gasteiger partial charge in [-0.3, -0.25) is 0 Å². The van der Waals surface area contributed by atoms with Gasteiger partial charge < -0.3 is 0 Å². The molecule has 0 aliphatic heterocycles. The Morgan fingerprint density at radius 1 is 0.152 bits per heavy atom. The van der Waals surface area contributed by atoms with E-state index in [0.29, 0.717) is 0 Å². The maximum absolute atomic E-state index is 2.45. The van der Waals surface area contributed by atoms with E-state index in [1.807, 2.05) is 0 Å². The minimum absolute atomic E-state index is 0.877. The van der Waals surface area contributed by atoms with Crippen molar-refractivity contribution in [2.24, 2.45) is 88.8 Å². The van der Waals surface area contributed by atoms with Crippen molar-refractivity contribution in [1.29, 1.82) is 0 Å². The molecule has 0 fully saturated rings. The molecule has 0 saturated heterocycles. The molecule has 0 nitrogen and oxygen atoms in total. The van der Waals surface area contributed by atoms with Crippen LogP contribution >= 0.6 is 0 Å². The third kappa shape index (κ3) is 96.8. The van der Waals surface area contributed by atoms with Gasteiger partial charge >= 0.3 is 0 Å². The second-order valence-electron chi connectivity index (χ2n) is 39.1. The zero-order valence-corrected chi connectivity index (χ0v) is 79.4. The molecule has 105 heavy (non-hydrogen) atoms. The van der Waals surface area contributed by atoms with Crippen LogP contribution in [0.15, 0.2) is 58.2 Å². The van der Waals surface area contributed by atoms with Crippen LogP contribution in [0.1, 0.15) is 529 Å². The molecule has 0 N–H and O–H groups in total. The molecule has 0 rings (SSSR count). The van der Waals surface area contributed by atoms with Crippen molar-refractivity contribution >= 4 is 0 Å². The molecule has 0 heterocycles. The van der Waals surface area contributed by atoms with Gasteiger partial charge in [0.1, 0.15) is 0 Å². The highest BCUT2D eigenvalue weighted by Gasteiger charge is 2.13. The van der Waals surface area contributed by atoms with Crippen molar-refractivity contribution in [2.45, 2.75) is 529 Å². The van der Waals surface area contributed by atoms with Gasteiger partial charge in [-0.25, -0.2) is 0 Å². The molecule has 0 spiro atoms. The van der Waals surface area contributed by atoms with Crippen molar-refractivity contribution in [3.05, 3.63) is 58.2 Å². The van der Waals surface area contributed by atoms with Crippen LogP contribution in [0.2, 0.25) is 0 Å². The number of hydrogen-bond acceptors (Lipinski definition) is 0. The van der Waals surface area contributed by atoms with E-state index in [-0.39, 0.29) is 0 Å². The van der Waals surface area contributed by atoms with Crippen LogP contribution < -0.4 is 0 Å². The predicted molar refractivity (Wildman–Crippen MR) is 494 cm³/mol. The van der Waals surface area contributed by atoms with Crippen LogP contribution in [-0.2, 0) is 0 Å². The summed E-state index contributed by atoms with van der Waals surface area (Å²) in [6.07, 6.45) is 81.3. The molecule has 0 radical (unpaired) electrons. The monoisotopic (exact) mass is 1470 g/mol. The third-order valence-electron chi connectivity index (χ3n) is 23.5. The second kappa shape index (κ2) is 82.2. The summed E-state index contributed by atoms with van der Waals surface area (Å²) in [6.45, 7) is 70.4. The van der Waals surface area contributed by atoms with E-state index in [2.05, 4.69) is 238 Å². The van der Waals surface area contributed by atoms with Gasteiger partial charge in [0.05, 0.1) is 0 Å². The molecule has 630 valence electrons. The molecule has 10 atom stereocenters. The molecule has 0 amide bonds. The molecular formula is C105H210. The maximum Gasteiger partial charge on any atom is -0.0323 e. The van der Waals surface area contributed by atoms with Gasteiger partial charge in [0.15, 0.2) is 0 Å². The van der Waals surface area contributed by atoms with E-state index < -0.39 is 0 Å². The predicted octanol–water partition coefficient (Wildman–Crippen LogP) is 38.9. The number of rotatable bonds is 65. The highest BCUT2D eigenvalue weighted by Crippen LogP contribution is 2.28. The van der Waals surface area contributed by atoms with Crippen LogP contribution in [0.25, 0.3) is 0 Å². The fourth-order valence-corrected chi connectivity index (χ4v) is 15.8. The lowest BCUT2D eigenvalue weighted by atomic mass is 9.91. The van der Waals surface area contributed by atoms with Crippen molar-refractivity contribution in [1.82, 2.24) is 0 Å². The summed E-state index contributed by atoms with van der Waals surface area (Å²) in [7, 11) is 0. The van der Waals surface area contributed by atoms with Gasteiger partial charge in [0.25, 0.3) is 0 Å². The van der Waals surface area contributed by atoms with Gasteiger partial charge in [-0.15, -0.1) is 0 Å². The van der Waals surface area contributed by atoms with Gasteiger partial charge in [-0.05, 0) is 220 Å². The molecule has 0 saturated carbocycles. The van der Waals surface area contributed by atoms with Gasteiger partial charge in [0.2, 0.25) is 0 Å². The molecule has 0 aromatic rings. The fourth-order valence-electron chi connectivity index (χ4n) is 15.8. The first-order valence-corrected chi connectivity index (χ1v) is 48.0. The topological polar surface area (TPSA) is 0 Å². The molecule has 2 unspecified atom stereocenters. The van der Waals surface area contributed by atoms with Crippen molar-refractivity contribution in [3.63, 3.8) is 0 Å². The molecule has 0 aromatic carbocycles. The summed E-state index contributed by atoms with van der Waals surface area (Å²) in [5, 5.41) is 0. The van der Waals surface area contributed by atoms with E-state index >= 15 is 0 Å². The van der Waals surface area contributed by atoms with Crippen LogP contribution in [0, 0.1) is 88.8 Å². The highest BCUT2D eigenvalue weighted by atomic mass is 14.2. The lowest BCUT2D eigenvalue weighted by molar-refractivity contribution is 0.389. The zero-order chi connectivity index (χ0) is 80.4. The van der Waals surface area contributed by atoms with E-state index in [1.165, 1.54) is 321 Å². The number of hydrogen-bond donors (Lipinski definition) is 0. The van der Waals surface area contributed by atoms with Crippen LogP contribution in [0.5, 0.6) is 0 Å². The summed E-state index contributed by atoms with van der Waals surface area (Å²) >= 11 is 0. The van der Waals surface area contributed by atoms with E-state index in [9.17, 15) is 0 Å². The van der Waals surface area contributed by atoms with E-state index in [4.69, 9.17) is 0 Å². The first kappa shape index (κ1) is 112. The first-order chi connectivity index (χ1) is 49.8. The Labute approximate surface area is 671 Å². The second-order valence-corrected chi connectivity index (χ2v) is 39.1. The Balaban J connectivity index is -0.000000397. The standard InChI is InChI=1S/5C21H42/c5*1-7-11-19(4)14-9-15-21(6)17-10-16-20(5)13-8-12-18(2)3/h5*11,18,20-21H,7-10,12-17H2,1-6H3/b5*19-11+/t2*20-,21+;2*20-,21-;/m1010./s1. The minimum atomic E-state index is 0.877. The summed E-state index contributed by atoms with van der Waals surface area (Å²) in [4.78, 5) is 0. The van der Waals surface area contributed by atoms with Crippen LogP contribution in [-0.4, -0.2) is 0 Å². The average Bonchev–Trinajstić information content (AvgIpc) is 2.92. The lowest BCUT2D eigenvalue weighted by Gasteiger charge is -2.15. The smallest absolute Gasteiger partial charge is 0.0323 e. The average molecular weight is 1470 g/mol. The molecule has 0 bridgehead atoms. The van der Waals surface area contributed by atoms with Gasteiger partial charge in [-0.1, -0.05) is 456 Å².